The Morgan fingerprint density at radius 1 is 1.27 bits per heavy atom. The summed E-state index contributed by atoms with van der Waals surface area (Å²) < 4.78 is 24.1. The first-order valence-corrected chi connectivity index (χ1v) is 8.84. The molecule has 154 valence electrons. The first kappa shape index (κ1) is 20.6. The lowest BCUT2D eigenvalue weighted by atomic mass is 10.2. The van der Waals surface area contributed by atoms with E-state index in [1.807, 2.05) is 6.92 Å². The topological polar surface area (TPSA) is 119 Å². The molecule has 3 aromatic rings. The van der Waals surface area contributed by atoms with Crippen molar-refractivity contribution >= 4 is 12.1 Å². The van der Waals surface area contributed by atoms with Gasteiger partial charge in [0.05, 0.1) is 31.8 Å². The fourth-order valence-electron chi connectivity index (χ4n) is 2.40. The number of amides is 1. The van der Waals surface area contributed by atoms with Crippen LogP contribution in [0.1, 0.15) is 23.0 Å². The summed E-state index contributed by atoms with van der Waals surface area (Å²) in [6.45, 7) is 2.33. The Labute approximate surface area is 171 Å². The zero-order valence-electron chi connectivity index (χ0n) is 16.2. The van der Waals surface area contributed by atoms with E-state index in [4.69, 9.17) is 9.47 Å². The molecule has 0 aliphatic carbocycles. The van der Waals surface area contributed by atoms with E-state index < -0.39 is 17.6 Å². The minimum atomic E-state index is -0.819. The van der Waals surface area contributed by atoms with E-state index in [-0.39, 0.29) is 11.3 Å². The third-order valence-corrected chi connectivity index (χ3v) is 3.87. The number of benzene rings is 1. The Morgan fingerprint density at radius 3 is 2.80 bits per heavy atom. The van der Waals surface area contributed by atoms with Crippen molar-refractivity contribution in [2.24, 2.45) is 5.10 Å². The number of nitrogens with zero attached hydrogens (tertiary/aromatic N) is 4. The lowest BCUT2D eigenvalue weighted by Crippen LogP contribution is -2.20. The number of carbonyl (C=O) groups excluding carboxylic acids is 1. The Hall–Kier alpha value is -4.08. The van der Waals surface area contributed by atoms with Crippen molar-refractivity contribution in [1.82, 2.24) is 20.4 Å². The summed E-state index contributed by atoms with van der Waals surface area (Å²) in [6, 6.07) is 7.44. The van der Waals surface area contributed by atoms with Gasteiger partial charge in [0.1, 0.15) is 11.6 Å². The number of methoxy groups -OCH3 is 1. The number of nitrogens with one attached hydrogen (secondary N) is 1. The molecular weight excluding hydrogens is 393 g/mol. The van der Waals surface area contributed by atoms with Crippen molar-refractivity contribution < 1.29 is 23.8 Å². The molecule has 2 N–H and O–H groups in total. The lowest BCUT2D eigenvalue weighted by Gasteiger charge is -2.06. The maximum atomic E-state index is 13.8. The van der Waals surface area contributed by atoms with Gasteiger partial charge in [-0.2, -0.15) is 5.10 Å². The van der Waals surface area contributed by atoms with Gasteiger partial charge in [0, 0.05) is 23.4 Å². The van der Waals surface area contributed by atoms with E-state index in [1.165, 1.54) is 37.7 Å². The summed E-state index contributed by atoms with van der Waals surface area (Å²) in [5, 5.41) is 13.6. The number of hydrogen-bond acceptors (Lipinski definition) is 8. The van der Waals surface area contributed by atoms with Crippen LogP contribution >= 0.6 is 0 Å². The second-order valence-corrected chi connectivity index (χ2v) is 5.83. The van der Waals surface area contributed by atoms with E-state index in [0.29, 0.717) is 29.5 Å². The van der Waals surface area contributed by atoms with E-state index in [2.05, 4.69) is 25.5 Å². The van der Waals surface area contributed by atoms with Gasteiger partial charge in [-0.3, -0.25) is 4.79 Å². The predicted molar refractivity (Wildman–Crippen MR) is 106 cm³/mol. The van der Waals surface area contributed by atoms with Crippen LogP contribution in [-0.2, 0) is 0 Å². The number of pyridine rings is 1. The summed E-state index contributed by atoms with van der Waals surface area (Å²) in [5.74, 6) is -1.05. The van der Waals surface area contributed by atoms with Crippen molar-refractivity contribution in [2.75, 3.05) is 13.7 Å². The SMILES string of the molecule is CCOc1ccc(-c2cnc(O)c(C(=O)N/N=C/c3cc(OC)ccc3F)n2)cn1. The molecule has 9 nitrogen and oxygen atoms in total. The molecule has 30 heavy (non-hydrogen) atoms. The first-order chi connectivity index (χ1) is 14.5. The van der Waals surface area contributed by atoms with Gasteiger partial charge in [0.2, 0.25) is 11.8 Å². The molecule has 0 atom stereocenters. The van der Waals surface area contributed by atoms with Crippen molar-refractivity contribution in [2.45, 2.75) is 6.92 Å². The van der Waals surface area contributed by atoms with Crippen molar-refractivity contribution in [1.29, 1.82) is 0 Å². The van der Waals surface area contributed by atoms with Crippen LogP contribution < -0.4 is 14.9 Å². The molecule has 0 spiro atoms. The third-order valence-electron chi connectivity index (χ3n) is 3.87. The van der Waals surface area contributed by atoms with Crippen LogP contribution in [0.3, 0.4) is 0 Å². The summed E-state index contributed by atoms with van der Waals surface area (Å²) in [7, 11) is 1.45. The molecule has 3 rings (SSSR count). The van der Waals surface area contributed by atoms with Gasteiger partial charge in [-0.25, -0.2) is 24.8 Å². The molecule has 10 heteroatoms. The smallest absolute Gasteiger partial charge is 0.295 e. The van der Waals surface area contributed by atoms with Crippen LogP contribution in [0.2, 0.25) is 0 Å². The van der Waals surface area contributed by atoms with Gasteiger partial charge in [-0.05, 0) is 31.2 Å². The van der Waals surface area contributed by atoms with Crippen LogP contribution in [-0.4, -0.2) is 45.9 Å². The van der Waals surface area contributed by atoms with Crippen LogP contribution in [0.4, 0.5) is 4.39 Å². The molecule has 0 unspecified atom stereocenters. The molecule has 0 saturated heterocycles. The van der Waals surface area contributed by atoms with Crippen molar-refractivity contribution in [3.63, 3.8) is 0 Å². The Balaban J connectivity index is 1.77. The minimum Gasteiger partial charge on any atom is -0.497 e. The number of rotatable bonds is 7. The predicted octanol–water partition coefficient (Wildman–Crippen LogP) is 2.55. The maximum Gasteiger partial charge on any atom is 0.295 e. The summed E-state index contributed by atoms with van der Waals surface area (Å²) in [5.41, 5.74) is 2.84. The molecule has 1 aromatic carbocycles. The number of ether oxygens (including phenoxy) is 2. The first-order valence-electron chi connectivity index (χ1n) is 8.84. The number of carbonyl (C=O) groups is 1. The Kier molecular flexibility index (Phi) is 6.48. The van der Waals surface area contributed by atoms with Gasteiger partial charge >= 0.3 is 0 Å². The second kappa shape index (κ2) is 9.41. The maximum absolute atomic E-state index is 13.8. The third kappa shape index (κ3) is 4.85. The van der Waals surface area contributed by atoms with Gasteiger partial charge in [0.15, 0.2) is 5.69 Å². The molecule has 2 heterocycles. The molecule has 1 amide bonds. The molecule has 0 aliphatic rings. The van der Waals surface area contributed by atoms with Crippen LogP contribution in [0.5, 0.6) is 17.5 Å². The Morgan fingerprint density at radius 2 is 2.10 bits per heavy atom. The van der Waals surface area contributed by atoms with Gasteiger partial charge in [-0.15, -0.1) is 0 Å². The fourth-order valence-corrected chi connectivity index (χ4v) is 2.40. The standard InChI is InChI=1S/C20H18FN5O4/c1-3-30-17-7-4-12(9-22-17)16-11-23-19(27)18(25-16)20(28)26-24-10-13-8-14(29-2)5-6-15(13)21/h4-11H,3H2,1-2H3,(H,23,27)(H,26,28)/b24-10+. The quantitative estimate of drug-likeness (QED) is 0.453. The molecule has 2 aromatic heterocycles. The lowest BCUT2D eigenvalue weighted by molar-refractivity contribution is 0.0946. The number of hydrazone groups is 1. The van der Waals surface area contributed by atoms with E-state index in [1.54, 1.807) is 12.1 Å². The van der Waals surface area contributed by atoms with Crippen LogP contribution in [0.25, 0.3) is 11.3 Å². The average Bonchev–Trinajstić information content (AvgIpc) is 2.76. The van der Waals surface area contributed by atoms with Gasteiger partial charge in [0.25, 0.3) is 5.91 Å². The largest absolute Gasteiger partial charge is 0.497 e. The molecule has 0 fully saturated rings. The fraction of sp³-hybridized carbons (Fsp3) is 0.150. The van der Waals surface area contributed by atoms with E-state index in [9.17, 15) is 14.3 Å². The highest BCUT2D eigenvalue weighted by Crippen LogP contribution is 2.21. The van der Waals surface area contributed by atoms with Crippen molar-refractivity contribution in [3.8, 4) is 28.8 Å². The van der Waals surface area contributed by atoms with E-state index in [0.717, 1.165) is 6.21 Å². The minimum absolute atomic E-state index is 0.110. The average molecular weight is 411 g/mol. The van der Waals surface area contributed by atoms with Gasteiger partial charge in [-0.1, -0.05) is 0 Å². The molecule has 0 saturated carbocycles. The number of hydrogen-bond donors (Lipinski definition) is 2. The zero-order valence-corrected chi connectivity index (χ0v) is 16.2. The molecule has 0 radical (unpaired) electrons. The normalized spacial score (nSPS) is 10.8. The number of aromatic hydroxyl groups is 1. The molecule has 0 bridgehead atoms. The van der Waals surface area contributed by atoms with Gasteiger partial charge < -0.3 is 14.6 Å². The van der Waals surface area contributed by atoms with Crippen LogP contribution in [0, 0.1) is 5.82 Å². The van der Waals surface area contributed by atoms with Crippen LogP contribution in [0.15, 0.2) is 47.8 Å². The number of aromatic nitrogens is 3. The number of halogens is 1. The highest BCUT2D eigenvalue weighted by molar-refractivity contribution is 5.95. The summed E-state index contributed by atoms with van der Waals surface area (Å²) >= 11 is 0. The monoisotopic (exact) mass is 411 g/mol. The summed E-state index contributed by atoms with van der Waals surface area (Å²) in [6.07, 6.45) is 3.93. The zero-order chi connectivity index (χ0) is 21.5. The van der Waals surface area contributed by atoms with E-state index >= 15 is 0 Å². The highest BCUT2D eigenvalue weighted by atomic mass is 19.1. The molecular formula is C20H18FN5O4. The summed E-state index contributed by atoms with van der Waals surface area (Å²) in [4.78, 5) is 24.4. The van der Waals surface area contributed by atoms with Crippen molar-refractivity contribution in [3.05, 3.63) is 59.8 Å². The molecule has 0 aliphatic heterocycles. The highest BCUT2D eigenvalue weighted by Gasteiger charge is 2.16. The Bertz CT molecular complexity index is 1070. The second-order valence-electron chi connectivity index (χ2n) is 5.83.